The van der Waals surface area contributed by atoms with Crippen LogP contribution >= 0.6 is 0 Å². The van der Waals surface area contributed by atoms with Crippen LogP contribution in [0.3, 0.4) is 0 Å². The fourth-order valence-corrected chi connectivity index (χ4v) is 3.29. The van der Waals surface area contributed by atoms with Gasteiger partial charge >= 0.3 is 6.19 Å². The third-order valence-corrected chi connectivity index (χ3v) is 4.35. The highest BCUT2D eigenvalue weighted by Crippen LogP contribution is 2.37. The molecule has 108 valence electrons. The Morgan fingerprint density at radius 3 is 2.79 bits per heavy atom. The first-order chi connectivity index (χ1) is 8.61. The first-order valence-electron chi connectivity index (χ1n) is 7.20. The number of nitrogens with zero attached hydrogens (tertiary/aromatic N) is 3. The molecule has 4 heteroatoms. The number of hydrogen-bond acceptors (Lipinski definition) is 2. The van der Waals surface area contributed by atoms with Gasteiger partial charge in [0.1, 0.15) is 6.54 Å². The zero-order valence-corrected chi connectivity index (χ0v) is 13.9. The van der Waals surface area contributed by atoms with Crippen molar-refractivity contribution in [3.63, 3.8) is 0 Å². The lowest BCUT2D eigenvalue weighted by atomic mass is 9.74. The Labute approximate surface area is 128 Å². The standard InChI is InChI=1S/C15H26N3.BrH/c1-5-8-17-10-16-18(11-17)15-9-13(4)6-7-14(15)12(2)3;/h5,12-15H,1,6-9,11H2,2-4H3;1H/q+1;/p-1. The second kappa shape index (κ2) is 7.19. The van der Waals surface area contributed by atoms with Gasteiger partial charge in [-0.15, -0.1) is 5.01 Å². The smallest absolute Gasteiger partial charge is 0.410 e. The molecule has 2 rings (SSSR count). The Kier molecular flexibility index (Phi) is 6.19. The number of hydrogen-bond donors (Lipinski definition) is 0. The van der Waals surface area contributed by atoms with E-state index >= 15 is 0 Å². The van der Waals surface area contributed by atoms with Gasteiger partial charge in [-0.1, -0.05) is 33.8 Å². The van der Waals surface area contributed by atoms with Gasteiger partial charge in [-0.25, -0.2) is 0 Å². The Morgan fingerprint density at radius 1 is 1.42 bits per heavy atom. The van der Waals surface area contributed by atoms with Crippen molar-refractivity contribution in [3.05, 3.63) is 17.6 Å². The van der Waals surface area contributed by atoms with Crippen LogP contribution in [0.15, 0.2) is 12.7 Å². The van der Waals surface area contributed by atoms with Gasteiger partial charge in [-0.3, -0.25) is 0 Å². The van der Waals surface area contributed by atoms with Crippen molar-refractivity contribution in [1.82, 2.24) is 9.91 Å². The molecule has 0 N–H and O–H groups in total. The second-order valence-corrected chi connectivity index (χ2v) is 6.19. The molecule has 3 nitrogen and oxygen atoms in total. The summed E-state index contributed by atoms with van der Waals surface area (Å²) in [6.07, 6.45) is 8.99. The lowest BCUT2D eigenvalue weighted by Crippen LogP contribution is -3.00. The molecule has 19 heavy (non-hydrogen) atoms. The van der Waals surface area contributed by atoms with E-state index in [4.69, 9.17) is 0 Å². The lowest BCUT2D eigenvalue weighted by molar-refractivity contribution is -0.00000446. The van der Waals surface area contributed by atoms with Crippen LogP contribution < -0.4 is 17.0 Å². The van der Waals surface area contributed by atoms with E-state index in [-0.39, 0.29) is 17.0 Å². The molecule has 1 aliphatic heterocycles. The lowest BCUT2D eigenvalue weighted by Gasteiger charge is -2.38. The molecular formula is C15H26BrN3. The Bertz CT molecular complexity index is 358. The summed E-state index contributed by atoms with van der Waals surface area (Å²) >= 11 is 0. The minimum atomic E-state index is 0. The monoisotopic (exact) mass is 327 g/mol. The van der Waals surface area contributed by atoms with E-state index < -0.39 is 0 Å². The molecule has 3 atom stereocenters. The van der Waals surface area contributed by atoms with Gasteiger partial charge in [-0.2, -0.15) is 4.90 Å². The highest BCUT2D eigenvalue weighted by Gasteiger charge is 2.40. The molecule has 0 radical (unpaired) electrons. The van der Waals surface area contributed by atoms with Crippen LogP contribution in [0.4, 0.5) is 0 Å². The van der Waals surface area contributed by atoms with Crippen molar-refractivity contribution in [2.45, 2.75) is 46.1 Å². The van der Waals surface area contributed by atoms with E-state index in [1.807, 2.05) is 6.08 Å². The molecule has 0 aromatic carbocycles. The van der Waals surface area contributed by atoms with Crippen LogP contribution in [-0.2, 0) is 0 Å². The summed E-state index contributed by atoms with van der Waals surface area (Å²) in [6.45, 7) is 12.6. The highest BCUT2D eigenvalue weighted by atomic mass is 79.9. The molecule has 1 heterocycles. The summed E-state index contributed by atoms with van der Waals surface area (Å²) < 4.78 is 0. The van der Waals surface area contributed by atoms with Crippen LogP contribution in [0, 0.1) is 23.9 Å². The normalized spacial score (nSPS) is 29.8. The van der Waals surface area contributed by atoms with Crippen LogP contribution in [0.2, 0.25) is 0 Å². The van der Waals surface area contributed by atoms with Crippen molar-refractivity contribution in [2.75, 3.05) is 13.2 Å². The Hall–Kier alpha value is -0.690. The molecular weight excluding hydrogens is 302 g/mol. The van der Waals surface area contributed by atoms with E-state index in [2.05, 4.69) is 48.4 Å². The zero-order chi connectivity index (χ0) is 13.1. The molecule has 1 saturated carbocycles. The summed E-state index contributed by atoms with van der Waals surface area (Å²) in [6, 6.07) is 0.594. The summed E-state index contributed by atoms with van der Waals surface area (Å²) in [5.74, 6) is 2.34. The average molecular weight is 328 g/mol. The molecule has 1 fully saturated rings. The molecule has 3 unspecified atom stereocenters. The number of halogens is 1. The maximum absolute atomic E-state index is 4.49. The zero-order valence-electron chi connectivity index (χ0n) is 12.3. The fourth-order valence-electron chi connectivity index (χ4n) is 3.29. The average Bonchev–Trinajstić information content (AvgIpc) is 2.77. The van der Waals surface area contributed by atoms with Crippen LogP contribution in [-0.4, -0.2) is 29.2 Å². The molecule has 0 aromatic heterocycles. The fraction of sp³-hybridized carbons (Fsp3) is 0.800. The molecule has 0 aromatic rings. The summed E-state index contributed by atoms with van der Waals surface area (Å²) in [4.78, 5) is 6.59. The van der Waals surface area contributed by atoms with Gasteiger partial charge < -0.3 is 17.0 Å². The maximum atomic E-state index is 4.49. The largest absolute Gasteiger partial charge is 1.00 e. The molecule has 2 aliphatic rings. The molecule has 0 amide bonds. The predicted molar refractivity (Wildman–Crippen MR) is 76.0 cm³/mol. The predicted octanol–water partition coefficient (Wildman–Crippen LogP) is 0.418. The van der Waals surface area contributed by atoms with Gasteiger partial charge in [0.25, 0.3) is 0 Å². The Morgan fingerprint density at radius 2 is 2.16 bits per heavy atom. The quantitative estimate of drug-likeness (QED) is 0.547. The van der Waals surface area contributed by atoms with Crippen molar-refractivity contribution in [2.24, 2.45) is 17.8 Å². The third kappa shape index (κ3) is 3.89. The SMILES string of the molecule is C=CCN1C#[N+]N(C2CC(C)CCC2C(C)C)C1.[Br-]. The van der Waals surface area contributed by atoms with Crippen LogP contribution in [0.1, 0.15) is 40.0 Å². The van der Waals surface area contributed by atoms with Gasteiger partial charge in [0.2, 0.25) is 6.67 Å². The van der Waals surface area contributed by atoms with Gasteiger partial charge in [0.15, 0.2) is 0 Å². The highest BCUT2D eigenvalue weighted by molar-refractivity contribution is 4.99. The van der Waals surface area contributed by atoms with Crippen molar-refractivity contribution >= 4 is 0 Å². The minimum absolute atomic E-state index is 0. The van der Waals surface area contributed by atoms with E-state index in [9.17, 15) is 0 Å². The van der Waals surface area contributed by atoms with Gasteiger partial charge in [0.05, 0.1) is 6.04 Å². The summed E-state index contributed by atoms with van der Waals surface area (Å²) in [5, 5.41) is 2.25. The van der Waals surface area contributed by atoms with E-state index in [0.29, 0.717) is 6.04 Å². The molecule has 0 saturated heterocycles. The van der Waals surface area contributed by atoms with Crippen LogP contribution in [0.5, 0.6) is 0 Å². The first-order valence-corrected chi connectivity index (χ1v) is 7.20. The van der Waals surface area contributed by atoms with E-state index in [1.165, 1.54) is 19.3 Å². The maximum Gasteiger partial charge on any atom is 0.410 e. The van der Waals surface area contributed by atoms with Crippen molar-refractivity contribution < 1.29 is 17.0 Å². The number of rotatable bonds is 4. The first kappa shape index (κ1) is 16.4. The van der Waals surface area contributed by atoms with Crippen molar-refractivity contribution in [3.8, 4) is 6.19 Å². The summed E-state index contributed by atoms with van der Waals surface area (Å²) in [5.41, 5.74) is 0. The molecule has 1 aliphatic carbocycles. The molecule has 0 bridgehead atoms. The van der Waals surface area contributed by atoms with E-state index in [1.54, 1.807) is 0 Å². The van der Waals surface area contributed by atoms with Crippen LogP contribution in [0.25, 0.3) is 4.95 Å². The van der Waals surface area contributed by atoms with Gasteiger partial charge in [-0.05, 0) is 41.6 Å². The third-order valence-electron chi connectivity index (χ3n) is 4.35. The topological polar surface area (TPSA) is 10.8 Å². The summed E-state index contributed by atoms with van der Waals surface area (Å²) in [7, 11) is 0. The van der Waals surface area contributed by atoms with E-state index in [0.717, 1.165) is 31.0 Å². The minimum Gasteiger partial charge on any atom is -1.00 e. The second-order valence-electron chi connectivity index (χ2n) is 6.19. The Balaban J connectivity index is 0.00000180. The van der Waals surface area contributed by atoms with Crippen molar-refractivity contribution in [1.29, 1.82) is 0 Å². The van der Waals surface area contributed by atoms with Gasteiger partial charge in [0, 0.05) is 0 Å². The molecule has 0 spiro atoms.